The van der Waals surface area contributed by atoms with Gasteiger partial charge in [-0.2, -0.15) is 0 Å². The smallest absolute Gasteiger partial charge is 0.261 e. The van der Waals surface area contributed by atoms with E-state index >= 15 is 0 Å². The Labute approximate surface area is 199 Å². The summed E-state index contributed by atoms with van der Waals surface area (Å²) in [5.74, 6) is 0.464. The van der Waals surface area contributed by atoms with Crippen LogP contribution in [0.1, 0.15) is 29.3 Å². The van der Waals surface area contributed by atoms with Gasteiger partial charge in [-0.15, -0.1) is 11.3 Å². The second-order valence-corrected chi connectivity index (χ2v) is 8.62. The number of benzene rings is 2. The highest BCUT2D eigenvalue weighted by atomic mass is 32.1. The number of halogens is 1. The largest absolute Gasteiger partial charge is 0.493 e. The molecule has 0 aliphatic rings. The van der Waals surface area contributed by atoms with Gasteiger partial charge in [0, 0.05) is 23.9 Å². The summed E-state index contributed by atoms with van der Waals surface area (Å²) in [5, 5.41) is 5.38. The molecule has 2 aromatic heterocycles. The zero-order valence-electron chi connectivity index (χ0n) is 18.8. The molecule has 176 valence electrons. The van der Waals surface area contributed by atoms with E-state index in [-0.39, 0.29) is 29.7 Å². The number of carbonyl (C=O) groups is 1. The van der Waals surface area contributed by atoms with Gasteiger partial charge in [-0.25, -0.2) is 9.37 Å². The van der Waals surface area contributed by atoms with Crippen LogP contribution in [0.3, 0.4) is 0 Å². The molecule has 2 aromatic carbocycles. The summed E-state index contributed by atoms with van der Waals surface area (Å²) in [5.41, 5.74) is 1.10. The van der Waals surface area contributed by atoms with Crippen molar-refractivity contribution < 1.29 is 18.7 Å². The number of ether oxygens (including phenoxy) is 2. The molecule has 0 saturated carbocycles. The number of nitrogens with zero attached hydrogens (tertiary/aromatic N) is 2. The number of hydrogen-bond donors (Lipinski definition) is 1. The van der Waals surface area contributed by atoms with Gasteiger partial charge >= 0.3 is 0 Å². The van der Waals surface area contributed by atoms with E-state index in [4.69, 9.17) is 9.47 Å². The highest BCUT2D eigenvalue weighted by molar-refractivity contribution is 7.10. The third-order valence-electron chi connectivity index (χ3n) is 5.47. The summed E-state index contributed by atoms with van der Waals surface area (Å²) in [6.45, 7) is 0.337. The molecule has 4 rings (SSSR count). The second-order valence-electron chi connectivity index (χ2n) is 7.64. The first-order valence-corrected chi connectivity index (χ1v) is 11.6. The highest BCUT2D eigenvalue weighted by Crippen LogP contribution is 2.30. The predicted molar refractivity (Wildman–Crippen MR) is 129 cm³/mol. The fourth-order valence-corrected chi connectivity index (χ4v) is 4.52. The summed E-state index contributed by atoms with van der Waals surface area (Å²) in [6.07, 6.45) is 2.15. The van der Waals surface area contributed by atoms with Crippen LogP contribution < -0.4 is 20.3 Å². The maximum atomic E-state index is 13.4. The molecule has 1 N–H and O–H groups in total. The molecule has 4 aromatic rings. The summed E-state index contributed by atoms with van der Waals surface area (Å²) in [6, 6.07) is 12.9. The van der Waals surface area contributed by atoms with Crippen molar-refractivity contribution in [3.63, 3.8) is 0 Å². The van der Waals surface area contributed by atoms with Crippen LogP contribution in [0.4, 0.5) is 4.39 Å². The molecule has 2 heterocycles. The predicted octanol–water partition coefficient (Wildman–Crippen LogP) is 4.30. The maximum absolute atomic E-state index is 13.4. The first-order chi connectivity index (χ1) is 16.5. The third kappa shape index (κ3) is 5.09. The van der Waals surface area contributed by atoms with E-state index in [0.717, 1.165) is 10.4 Å². The van der Waals surface area contributed by atoms with Crippen LogP contribution in [-0.2, 0) is 11.3 Å². The van der Waals surface area contributed by atoms with E-state index in [1.54, 1.807) is 24.3 Å². The number of hydrogen-bond acceptors (Lipinski definition) is 6. The van der Waals surface area contributed by atoms with E-state index in [1.807, 2.05) is 17.5 Å². The second kappa shape index (κ2) is 10.5. The van der Waals surface area contributed by atoms with Crippen LogP contribution >= 0.6 is 11.3 Å². The number of fused-ring (bicyclic) bond motifs is 1. The molecule has 0 radical (unpaired) electrons. The number of aromatic nitrogens is 2. The van der Waals surface area contributed by atoms with E-state index in [1.165, 1.54) is 48.6 Å². The molecule has 0 aliphatic carbocycles. The molecular weight excluding hydrogens is 457 g/mol. The Morgan fingerprint density at radius 1 is 1.15 bits per heavy atom. The summed E-state index contributed by atoms with van der Waals surface area (Å²) in [7, 11) is 3.03. The maximum Gasteiger partial charge on any atom is 0.261 e. The Bertz CT molecular complexity index is 1340. The van der Waals surface area contributed by atoms with Gasteiger partial charge in [0.05, 0.1) is 37.5 Å². The molecule has 9 heteroatoms. The minimum Gasteiger partial charge on any atom is -0.493 e. The minimum absolute atomic E-state index is 0.157. The van der Waals surface area contributed by atoms with Gasteiger partial charge in [-0.05, 0) is 41.6 Å². The molecule has 1 amide bonds. The molecule has 0 spiro atoms. The van der Waals surface area contributed by atoms with E-state index < -0.39 is 0 Å². The molecule has 1 unspecified atom stereocenters. The number of nitrogens with one attached hydrogen (secondary N) is 1. The molecule has 0 bridgehead atoms. The monoisotopic (exact) mass is 481 g/mol. The number of amides is 1. The number of methoxy groups -OCH3 is 2. The van der Waals surface area contributed by atoms with Gasteiger partial charge in [0.2, 0.25) is 5.91 Å². The van der Waals surface area contributed by atoms with Gasteiger partial charge in [-0.3, -0.25) is 14.2 Å². The van der Waals surface area contributed by atoms with Gasteiger partial charge in [0.25, 0.3) is 5.56 Å². The van der Waals surface area contributed by atoms with Crippen molar-refractivity contribution in [3.05, 3.63) is 86.8 Å². The number of aryl methyl sites for hydroxylation is 1. The third-order valence-corrected chi connectivity index (χ3v) is 6.41. The lowest BCUT2D eigenvalue weighted by Gasteiger charge is -2.18. The summed E-state index contributed by atoms with van der Waals surface area (Å²) < 4.78 is 25.4. The average molecular weight is 482 g/mol. The SMILES string of the molecule is COc1cc2ncn(CCCC(=O)NC(c3ccc(F)cc3)c3cccs3)c(=O)c2cc1OC. The van der Waals surface area contributed by atoms with Crippen LogP contribution in [0.2, 0.25) is 0 Å². The number of carbonyl (C=O) groups excluding carboxylic acids is 1. The molecular formula is C25H24FN3O4S. The summed E-state index contributed by atoms with van der Waals surface area (Å²) >= 11 is 1.52. The van der Waals surface area contributed by atoms with Crippen molar-refractivity contribution in [2.24, 2.45) is 0 Å². The average Bonchev–Trinajstić information content (AvgIpc) is 3.38. The molecule has 1 atom stereocenters. The Morgan fingerprint density at radius 3 is 2.56 bits per heavy atom. The fraction of sp³-hybridized carbons (Fsp3) is 0.240. The van der Waals surface area contributed by atoms with Crippen LogP contribution in [0.15, 0.2) is 65.0 Å². The van der Waals surface area contributed by atoms with Crippen molar-refractivity contribution in [2.75, 3.05) is 14.2 Å². The standard InChI is InChI=1S/C25H24FN3O4S/c1-32-20-13-18-19(14-21(20)33-2)27-15-29(25(18)31)11-3-6-23(30)28-24(22-5-4-12-34-22)16-7-9-17(26)10-8-16/h4-5,7-10,12-15,24H,3,6,11H2,1-2H3,(H,28,30). The molecule has 7 nitrogen and oxygen atoms in total. The minimum atomic E-state index is -0.361. The van der Waals surface area contributed by atoms with Crippen LogP contribution in [0, 0.1) is 5.82 Å². The topological polar surface area (TPSA) is 82.5 Å². The van der Waals surface area contributed by atoms with Gasteiger partial charge in [0.1, 0.15) is 5.82 Å². The van der Waals surface area contributed by atoms with Gasteiger partial charge in [-0.1, -0.05) is 18.2 Å². The lowest BCUT2D eigenvalue weighted by Crippen LogP contribution is -2.29. The Balaban J connectivity index is 1.44. The van der Waals surface area contributed by atoms with Crippen molar-refractivity contribution in [1.29, 1.82) is 0 Å². The van der Waals surface area contributed by atoms with Crippen LogP contribution in [0.25, 0.3) is 10.9 Å². The zero-order chi connectivity index (χ0) is 24.1. The summed E-state index contributed by atoms with van der Waals surface area (Å²) in [4.78, 5) is 30.9. The molecule has 0 aliphatic heterocycles. The Hall–Kier alpha value is -3.72. The van der Waals surface area contributed by atoms with Crippen molar-refractivity contribution in [3.8, 4) is 11.5 Å². The van der Waals surface area contributed by atoms with Gasteiger partial charge < -0.3 is 14.8 Å². The normalized spacial score (nSPS) is 11.9. The first-order valence-electron chi connectivity index (χ1n) is 10.7. The Kier molecular flexibility index (Phi) is 7.22. The van der Waals surface area contributed by atoms with E-state index in [9.17, 15) is 14.0 Å². The van der Waals surface area contributed by atoms with Crippen LogP contribution in [0.5, 0.6) is 11.5 Å². The van der Waals surface area contributed by atoms with Crippen molar-refractivity contribution in [1.82, 2.24) is 14.9 Å². The molecule has 0 fully saturated rings. The zero-order valence-corrected chi connectivity index (χ0v) is 19.6. The lowest BCUT2D eigenvalue weighted by molar-refractivity contribution is -0.121. The number of rotatable bonds is 9. The highest BCUT2D eigenvalue weighted by Gasteiger charge is 2.18. The van der Waals surface area contributed by atoms with E-state index in [0.29, 0.717) is 35.4 Å². The van der Waals surface area contributed by atoms with Crippen LogP contribution in [-0.4, -0.2) is 29.7 Å². The van der Waals surface area contributed by atoms with E-state index in [2.05, 4.69) is 10.3 Å². The molecule has 34 heavy (non-hydrogen) atoms. The first kappa shape index (κ1) is 23.4. The van der Waals surface area contributed by atoms with Gasteiger partial charge in [0.15, 0.2) is 11.5 Å². The Morgan fingerprint density at radius 2 is 1.88 bits per heavy atom. The van der Waals surface area contributed by atoms with Crippen molar-refractivity contribution >= 4 is 28.1 Å². The number of thiophene rings is 1. The fourth-order valence-electron chi connectivity index (χ4n) is 3.72. The van der Waals surface area contributed by atoms with Crippen molar-refractivity contribution in [2.45, 2.75) is 25.4 Å². The lowest BCUT2D eigenvalue weighted by atomic mass is 10.0. The molecule has 0 saturated heterocycles. The quantitative estimate of drug-likeness (QED) is 0.386.